The van der Waals surface area contributed by atoms with E-state index in [-0.39, 0.29) is 0 Å². The molecule has 1 aromatic carbocycles. The number of aromatic nitrogens is 5. The number of benzene rings is 1. The fourth-order valence-electron chi connectivity index (χ4n) is 2.79. The Kier molecular flexibility index (Phi) is 6.56. The zero-order valence-corrected chi connectivity index (χ0v) is 15.8. The lowest BCUT2D eigenvalue weighted by Gasteiger charge is -2.13. The van der Waals surface area contributed by atoms with E-state index in [1.807, 2.05) is 12.5 Å². The highest BCUT2D eigenvalue weighted by atomic mass is 15.3. The smallest absolute Gasteiger partial charge is 0.191 e. The van der Waals surface area contributed by atoms with Gasteiger partial charge in [-0.05, 0) is 11.1 Å². The van der Waals surface area contributed by atoms with Crippen LogP contribution in [0, 0.1) is 0 Å². The number of nitrogens with zero attached hydrogens (tertiary/aromatic N) is 6. The van der Waals surface area contributed by atoms with Gasteiger partial charge in [0.15, 0.2) is 5.96 Å². The first-order chi connectivity index (χ1) is 13.3. The molecule has 2 N–H and O–H groups in total. The Hall–Kier alpha value is -3.16. The molecule has 0 bridgehead atoms. The van der Waals surface area contributed by atoms with Crippen molar-refractivity contribution in [3.63, 3.8) is 0 Å². The van der Waals surface area contributed by atoms with Crippen molar-refractivity contribution >= 4 is 5.96 Å². The third kappa shape index (κ3) is 5.40. The highest BCUT2D eigenvalue weighted by Gasteiger charge is 2.03. The summed E-state index contributed by atoms with van der Waals surface area (Å²) in [7, 11) is 1.78. The van der Waals surface area contributed by atoms with E-state index in [1.165, 1.54) is 11.1 Å². The van der Waals surface area contributed by atoms with Gasteiger partial charge in [-0.1, -0.05) is 31.2 Å². The van der Waals surface area contributed by atoms with Crippen molar-refractivity contribution in [2.75, 3.05) is 13.6 Å². The van der Waals surface area contributed by atoms with Crippen LogP contribution in [0.4, 0.5) is 0 Å². The predicted molar refractivity (Wildman–Crippen MR) is 105 cm³/mol. The van der Waals surface area contributed by atoms with Gasteiger partial charge in [-0.25, -0.2) is 4.98 Å². The van der Waals surface area contributed by atoms with Crippen molar-refractivity contribution in [3.05, 3.63) is 66.3 Å². The van der Waals surface area contributed by atoms with Crippen LogP contribution in [0.2, 0.25) is 0 Å². The molecule has 0 saturated carbocycles. The molecule has 0 amide bonds. The van der Waals surface area contributed by atoms with Gasteiger partial charge in [0, 0.05) is 52.0 Å². The minimum atomic E-state index is 0.720. The number of hydrogen-bond acceptors (Lipinski definition) is 4. The molecule has 142 valence electrons. The predicted octanol–water partition coefficient (Wildman–Crippen LogP) is 1.45. The second kappa shape index (κ2) is 9.51. The molecule has 0 fully saturated rings. The third-order valence-electron chi connectivity index (χ3n) is 4.29. The zero-order chi connectivity index (χ0) is 18.9. The van der Waals surface area contributed by atoms with Crippen molar-refractivity contribution in [1.29, 1.82) is 0 Å². The highest BCUT2D eigenvalue weighted by molar-refractivity contribution is 5.79. The maximum absolute atomic E-state index is 4.28. The van der Waals surface area contributed by atoms with E-state index < -0.39 is 0 Å². The molecule has 0 atom stereocenters. The molecule has 0 unspecified atom stereocenters. The summed E-state index contributed by atoms with van der Waals surface area (Å²) in [6.07, 6.45) is 8.23. The van der Waals surface area contributed by atoms with Crippen LogP contribution in [0.5, 0.6) is 0 Å². The molecule has 0 aliphatic carbocycles. The van der Waals surface area contributed by atoms with Crippen molar-refractivity contribution < 1.29 is 0 Å². The van der Waals surface area contributed by atoms with Gasteiger partial charge in [0.05, 0.1) is 6.33 Å². The zero-order valence-electron chi connectivity index (χ0n) is 15.8. The second-order valence-electron chi connectivity index (χ2n) is 6.20. The lowest BCUT2D eigenvalue weighted by atomic mass is 10.1. The summed E-state index contributed by atoms with van der Waals surface area (Å²) < 4.78 is 4.11. The Morgan fingerprint density at radius 3 is 2.63 bits per heavy atom. The first-order valence-corrected chi connectivity index (χ1v) is 9.13. The Labute approximate surface area is 159 Å². The van der Waals surface area contributed by atoms with Crippen LogP contribution >= 0.6 is 0 Å². The molecule has 0 radical (unpaired) electrons. The summed E-state index contributed by atoms with van der Waals surface area (Å²) >= 11 is 0. The van der Waals surface area contributed by atoms with E-state index in [4.69, 9.17) is 0 Å². The molecule has 3 aromatic rings. The summed E-state index contributed by atoms with van der Waals surface area (Å²) in [4.78, 5) is 8.34. The molecule has 0 saturated heterocycles. The third-order valence-corrected chi connectivity index (χ3v) is 4.29. The maximum atomic E-state index is 4.28. The summed E-state index contributed by atoms with van der Waals surface area (Å²) in [6.45, 7) is 5.20. The quantitative estimate of drug-likeness (QED) is 0.466. The van der Waals surface area contributed by atoms with Gasteiger partial charge < -0.3 is 19.8 Å². The van der Waals surface area contributed by atoms with Crippen LogP contribution < -0.4 is 10.6 Å². The molecule has 2 heterocycles. The van der Waals surface area contributed by atoms with E-state index in [9.17, 15) is 0 Å². The molecular formula is C19H26N8. The van der Waals surface area contributed by atoms with Crippen molar-refractivity contribution in [2.45, 2.75) is 33.0 Å². The maximum Gasteiger partial charge on any atom is 0.191 e. The SMILES string of the molecule is CCc1nncn1CCNC(=NC)NCc1ccc(Cn2ccnc2)cc1. The normalized spacial score (nSPS) is 11.6. The lowest BCUT2D eigenvalue weighted by molar-refractivity contribution is 0.632. The Morgan fingerprint density at radius 2 is 1.93 bits per heavy atom. The van der Waals surface area contributed by atoms with Crippen LogP contribution in [-0.2, 0) is 26.1 Å². The monoisotopic (exact) mass is 366 g/mol. The van der Waals surface area contributed by atoms with Gasteiger partial charge in [0.2, 0.25) is 0 Å². The van der Waals surface area contributed by atoms with Gasteiger partial charge in [-0.2, -0.15) is 0 Å². The minimum Gasteiger partial charge on any atom is -0.355 e. The number of imidazole rings is 1. The topological polar surface area (TPSA) is 85.0 Å². The van der Waals surface area contributed by atoms with Crippen molar-refractivity contribution in [1.82, 2.24) is 34.9 Å². The van der Waals surface area contributed by atoms with Gasteiger partial charge in [-0.15, -0.1) is 10.2 Å². The number of guanidine groups is 1. The van der Waals surface area contributed by atoms with E-state index in [0.717, 1.165) is 44.4 Å². The van der Waals surface area contributed by atoms with Crippen molar-refractivity contribution in [3.8, 4) is 0 Å². The molecule has 3 rings (SSSR count). The van der Waals surface area contributed by atoms with Crippen molar-refractivity contribution in [2.24, 2.45) is 4.99 Å². The summed E-state index contributed by atoms with van der Waals surface area (Å²) in [5, 5.41) is 14.7. The number of hydrogen-bond donors (Lipinski definition) is 2. The Balaban J connectivity index is 1.43. The number of aryl methyl sites for hydroxylation is 1. The first kappa shape index (κ1) is 18.6. The Morgan fingerprint density at radius 1 is 1.11 bits per heavy atom. The fourth-order valence-corrected chi connectivity index (χ4v) is 2.79. The standard InChI is InChI=1S/C19H26N8/c1-3-18-25-24-15-27(18)11-9-22-19(20-2)23-12-16-4-6-17(7-5-16)13-26-10-8-21-14-26/h4-8,10,14-15H,3,9,11-13H2,1-2H3,(H2,20,22,23). The number of nitrogens with one attached hydrogen (secondary N) is 2. The second-order valence-corrected chi connectivity index (χ2v) is 6.20. The minimum absolute atomic E-state index is 0.720. The summed E-state index contributed by atoms with van der Waals surface area (Å²) in [5.41, 5.74) is 2.46. The first-order valence-electron chi connectivity index (χ1n) is 9.13. The molecular weight excluding hydrogens is 340 g/mol. The molecule has 8 heteroatoms. The van der Waals surface area contributed by atoms with Crippen LogP contribution in [0.3, 0.4) is 0 Å². The van der Waals surface area contributed by atoms with Gasteiger partial charge in [0.1, 0.15) is 12.2 Å². The number of aliphatic imine (C=N–C) groups is 1. The van der Waals surface area contributed by atoms with Gasteiger partial charge in [-0.3, -0.25) is 4.99 Å². The average Bonchev–Trinajstić information content (AvgIpc) is 3.37. The molecule has 27 heavy (non-hydrogen) atoms. The largest absolute Gasteiger partial charge is 0.355 e. The molecule has 0 aliphatic heterocycles. The fraction of sp³-hybridized carbons (Fsp3) is 0.368. The molecule has 0 aliphatic rings. The Bertz CT molecular complexity index is 833. The summed E-state index contributed by atoms with van der Waals surface area (Å²) in [5.74, 6) is 1.78. The van der Waals surface area contributed by atoms with Crippen LogP contribution in [0.15, 0.2) is 54.3 Å². The summed E-state index contributed by atoms with van der Waals surface area (Å²) in [6, 6.07) is 8.56. The highest BCUT2D eigenvalue weighted by Crippen LogP contribution is 2.06. The lowest BCUT2D eigenvalue weighted by Crippen LogP contribution is -2.38. The van der Waals surface area contributed by atoms with Gasteiger partial charge >= 0.3 is 0 Å². The van der Waals surface area contributed by atoms with E-state index >= 15 is 0 Å². The van der Waals surface area contributed by atoms with Gasteiger partial charge in [0.25, 0.3) is 0 Å². The van der Waals surface area contributed by atoms with Crippen LogP contribution in [0.25, 0.3) is 0 Å². The number of rotatable bonds is 8. The molecule has 0 spiro atoms. The van der Waals surface area contributed by atoms with E-state index in [2.05, 4.69) is 71.1 Å². The molecule has 8 nitrogen and oxygen atoms in total. The van der Waals surface area contributed by atoms with E-state index in [1.54, 1.807) is 19.6 Å². The van der Waals surface area contributed by atoms with Crippen LogP contribution in [0.1, 0.15) is 23.9 Å². The van der Waals surface area contributed by atoms with E-state index in [0.29, 0.717) is 0 Å². The average molecular weight is 366 g/mol. The van der Waals surface area contributed by atoms with Crippen LogP contribution in [-0.4, -0.2) is 43.9 Å². The molecule has 2 aromatic heterocycles.